The maximum Gasteiger partial charge on any atom is 0.417 e. The summed E-state index contributed by atoms with van der Waals surface area (Å²) in [6.45, 7) is -0.137. The van der Waals surface area contributed by atoms with Gasteiger partial charge in [-0.2, -0.15) is 31.6 Å². The standard InChI is InChI=1S/C20H15F6IN2O3/c1-18(9-30,10-32-15-5-12(19(21,22)23)4-13(27)6-15)17(31)29-14-3-2-11(8-28)16(7-14)20(24,25)26/h2-7,30H,9-10H2,1H3,(H,29,31). The highest BCUT2D eigenvalue weighted by Crippen LogP contribution is 2.35. The topological polar surface area (TPSA) is 82.3 Å². The van der Waals surface area contributed by atoms with E-state index in [1.807, 2.05) is 0 Å². The van der Waals surface area contributed by atoms with E-state index in [4.69, 9.17) is 10.00 Å². The normalized spacial score (nSPS) is 13.8. The maximum absolute atomic E-state index is 13.1. The quantitative estimate of drug-likeness (QED) is 0.368. The summed E-state index contributed by atoms with van der Waals surface area (Å²) in [5.74, 6) is -1.13. The highest BCUT2D eigenvalue weighted by Gasteiger charge is 2.37. The average Bonchev–Trinajstić information content (AvgIpc) is 2.70. The van der Waals surface area contributed by atoms with Crippen LogP contribution in [-0.4, -0.2) is 24.2 Å². The van der Waals surface area contributed by atoms with Crippen molar-refractivity contribution in [2.45, 2.75) is 19.3 Å². The van der Waals surface area contributed by atoms with Crippen LogP contribution in [0.4, 0.5) is 32.0 Å². The maximum atomic E-state index is 13.1. The SMILES string of the molecule is CC(CO)(COc1cc(I)cc(C(F)(F)F)c1)C(=O)Nc1ccc(C#N)c(C(F)(F)F)c1. The van der Waals surface area contributed by atoms with E-state index in [9.17, 15) is 36.2 Å². The van der Waals surface area contributed by atoms with Crippen LogP contribution in [0, 0.1) is 20.3 Å². The molecule has 2 aromatic rings. The highest BCUT2D eigenvalue weighted by molar-refractivity contribution is 14.1. The van der Waals surface area contributed by atoms with Crippen molar-refractivity contribution in [3.05, 3.63) is 56.7 Å². The molecule has 32 heavy (non-hydrogen) atoms. The van der Waals surface area contributed by atoms with Gasteiger partial charge in [-0.3, -0.25) is 4.79 Å². The molecule has 0 spiro atoms. The van der Waals surface area contributed by atoms with Gasteiger partial charge in [0.2, 0.25) is 5.91 Å². The number of rotatable bonds is 6. The van der Waals surface area contributed by atoms with Crippen LogP contribution in [0.2, 0.25) is 0 Å². The first-order valence-electron chi connectivity index (χ1n) is 8.74. The van der Waals surface area contributed by atoms with E-state index in [0.29, 0.717) is 6.07 Å². The van der Waals surface area contributed by atoms with Crippen LogP contribution in [0.5, 0.6) is 5.75 Å². The van der Waals surface area contributed by atoms with Gasteiger partial charge >= 0.3 is 12.4 Å². The third kappa shape index (κ3) is 6.26. The van der Waals surface area contributed by atoms with Crippen molar-refractivity contribution in [3.8, 4) is 11.8 Å². The van der Waals surface area contributed by atoms with Crippen molar-refractivity contribution >= 4 is 34.2 Å². The van der Waals surface area contributed by atoms with E-state index in [1.165, 1.54) is 19.1 Å². The lowest BCUT2D eigenvalue weighted by Gasteiger charge is -2.26. The second-order valence-corrected chi connectivity index (χ2v) is 8.25. The Hall–Kier alpha value is -2.53. The number of ether oxygens (including phenoxy) is 1. The number of halogens is 7. The lowest BCUT2D eigenvalue weighted by molar-refractivity contribution is -0.138. The van der Waals surface area contributed by atoms with E-state index in [-0.39, 0.29) is 15.0 Å². The molecule has 1 amide bonds. The fourth-order valence-electron chi connectivity index (χ4n) is 2.47. The van der Waals surface area contributed by atoms with Crippen molar-refractivity contribution in [2.24, 2.45) is 5.41 Å². The predicted molar refractivity (Wildman–Crippen MR) is 110 cm³/mol. The molecule has 0 fully saturated rings. The van der Waals surface area contributed by atoms with Crippen molar-refractivity contribution in [3.63, 3.8) is 0 Å². The van der Waals surface area contributed by atoms with Crippen molar-refractivity contribution in [1.29, 1.82) is 5.26 Å². The number of benzene rings is 2. The molecule has 0 bridgehead atoms. The molecule has 0 heterocycles. The molecular weight excluding hydrogens is 557 g/mol. The largest absolute Gasteiger partial charge is 0.492 e. The van der Waals surface area contributed by atoms with Gasteiger partial charge < -0.3 is 15.2 Å². The molecule has 0 aliphatic carbocycles. The summed E-state index contributed by atoms with van der Waals surface area (Å²) in [4.78, 5) is 12.6. The average molecular weight is 572 g/mol. The summed E-state index contributed by atoms with van der Waals surface area (Å²) < 4.78 is 83.7. The molecule has 12 heteroatoms. The Morgan fingerprint density at radius 1 is 1.12 bits per heavy atom. The minimum Gasteiger partial charge on any atom is -0.492 e. The van der Waals surface area contributed by atoms with Gasteiger partial charge in [-0.15, -0.1) is 0 Å². The molecule has 0 aromatic heterocycles. The molecular formula is C20H15F6IN2O3. The van der Waals surface area contributed by atoms with Crippen molar-refractivity contribution in [2.75, 3.05) is 18.5 Å². The summed E-state index contributed by atoms with van der Waals surface area (Å²) in [5, 5.41) is 20.7. The fraction of sp³-hybridized carbons (Fsp3) is 0.300. The zero-order valence-corrected chi connectivity index (χ0v) is 18.4. The Balaban J connectivity index is 2.22. The van der Waals surface area contributed by atoms with Crippen LogP contribution in [0.25, 0.3) is 0 Å². The van der Waals surface area contributed by atoms with Gasteiger partial charge in [0, 0.05) is 9.26 Å². The summed E-state index contributed by atoms with van der Waals surface area (Å²) in [7, 11) is 0. The van der Waals surface area contributed by atoms with E-state index >= 15 is 0 Å². The highest BCUT2D eigenvalue weighted by atomic mass is 127. The molecule has 2 rings (SSSR count). The van der Waals surface area contributed by atoms with Crippen LogP contribution in [0.15, 0.2) is 36.4 Å². The van der Waals surface area contributed by atoms with Gasteiger partial charge in [0.05, 0.1) is 29.4 Å². The molecule has 0 saturated heterocycles. The van der Waals surface area contributed by atoms with Gasteiger partial charge in [0.15, 0.2) is 0 Å². The first-order valence-corrected chi connectivity index (χ1v) is 9.82. The summed E-state index contributed by atoms with van der Waals surface area (Å²) in [5.41, 5.74) is -4.84. The Labute approximate surface area is 192 Å². The van der Waals surface area contributed by atoms with Crippen molar-refractivity contribution < 1.29 is 41.0 Å². The molecule has 0 aliphatic rings. The molecule has 2 aromatic carbocycles. The van der Waals surface area contributed by atoms with Gasteiger partial charge in [-0.05, 0) is 65.9 Å². The fourth-order valence-corrected chi connectivity index (χ4v) is 3.11. The lowest BCUT2D eigenvalue weighted by Crippen LogP contribution is -2.41. The van der Waals surface area contributed by atoms with E-state index in [2.05, 4.69) is 5.32 Å². The van der Waals surface area contributed by atoms with Gasteiger partial charge in [-0.25, -0.2) is 0 Å². The smallest absolute Gasteiger partial charge is 0.417 e. The second kappa shape index (κ2) is 9.53. The van der Waals surface area contributed by atoms with Crippen LogP contribution in [0.1, 0.15) is 23.6 Å². The lowest BCUT2D eigenvalue weighted by atomic mass is 9.91. The third-order valence-corrected chi connectivity index (χ3v) is 4.98. The number of nitrogens with one attached hydrogen (secondary N) is 1. The molecule has 0 radical (unpaired) electrons. The number of anilines is 1. The Morgan fingerprint density at radius 3 is 2.31 bits per heavy atom. The first-order chi connectivity index (χ1) is 14.7. The minimum atomic E-state index is -4.84. The molecule has 172 valence electrons. The number of aliphatic hydroxyl groups is 1. The molecule has 1 atom stereocenters. The van der Waals surface area contributed by atoms with Crippen LogP contribution in [0.3, 0.4) is 0 Å². The number of carbonyl (C=O) groups excluding carboxylic acids is 1. The number of nitriles is 1. The summed E-state index contributed by atoms with van der Waals surface area (Å²) in [6.07, 6.45) is -9.46. The van der Waals surface area contributed by atoms with Gasteiger partial charge in [0.25, 0.3) is 0 Å². The number of hydrogen-bond donors (Lipinski definition) is 2. The number of amides is 1. The number of carbonyl (C=O) groups is 1. The summed E-state index contributed by atoms with van der Waals surface area (Å²) in [6, 6.07) is 6.87. The monoisotopic (exact) mass is 572 g/mol. The zero-order valence-electron chi connectivity index (χ0n) is 16.2. The number of nitrogens with zero attached hydrogens (tertiary/aromatic N) is 1. The zero-order chi connectivity index (χ0) is 24.3. The predicted octanol–water partition coefficient (Wildman–Crippen LogP) is 5.22. The van der Waals surface area contributed by atoms with Crippen LogP contribution < -0.4 is 10.1 Å². The number of alkyl halides is 6. The minimum absolute atomic E-state index is 0.200. The third-order valence-electron chi connectivity index (χ3n) is 4.36. The first kappa shape index (κ1) is 25.7. The summed E-state index contributed by atoms with van der Waals surface area (Å²) >= 11 is 1.66. The van der Waals surface area contributed by atoms with E-state index < -0.39 is 53.6 Å². The molecule has 1 unspecified atom stereocenters. The second-order valence-electron chi connectivity index (χ2n) is 7.00. The number of aliphatic hydroxyl groups excluding tert-OH is 1. The van der Waals surface area contributed by atoms with Gasteiger partial charge in [-0.1, -0.05) is 0 Å². The Bertz CT molecular complexity index is 1050. The van der Waals surface area contributed by atoms with Crippen molar-refractivity contribution in [1.82, 2.24) is 0 Å². The molecule has 0 aliphatic heterocycles. The van der Waals surface area contributed by atoms with Gasteiger partial charge in [0.1, 0.15) is 17.8 Å². The molecule has 5 nitrogen and oxygen atoms in total. The van der Waals surface area contributed by atoms with Crippen LogP contribution in [-0.2, 0) is 17.1 Å². The Morgan fingerprint density at radius 2 is 1.78 bits per heavy atom. The molecule has 0 saturated carbocycles. The number of hydrogen-bond acceptors (Lipinski definition) is 4. The van der Waals surface area contributed by atoms with Crippen LogP contribution >= 0.6 is 22.6 Å². The Kier molecular flexibility index (Phi) is 7.67. The van der Waals surface area contributed by atoms with E-state index in [1.54, 1.807) is 22.6 Å². The molecule has 2 N–H and O–H groups in total. The van der Waals surface area contributed by atoms with E-state index in [0.717, 1.165) is 24.3 Å².